The molecule has 1 unspecified atom stereocenters. The van der Waals surface area contributed by atoms with E-state index in [1.54, 1.807) is 12.1 Å². The highest BCUT2D eigenvalue weighted by molar-refractivity contribution is 6.35. The lowest BCUT2D eigenvalue weighted by molar-refractivity contribution is 0.309. The van der Waals surface area contributed by atoms with Crippen LogP contribution in [0.5, 0.6) is 5.75 Å². The molecule has 94 valence electrons. The number of hydrogen-bond donors (Lipinski definition) is 1. The molecule has 17 heavy (non-hydrogen) atoms. The van der Waals surface area contributed by atoms with Crippen molar-refractivity contribution in [1.29, 1.82) is 0 Å². The maximum atomic E-state index is 9.89. The molecule has 0 radical (unpaired) electrons. The van der Waals surface area contributed by atoms with Crippen LogP contribution in [0.1, 0.15) is 25.3 Å². The zero-order chi connectivity index (χ0) is 12.4. The molecule has 4 heteroatoms. The van der Waals surface area contributed by atoms with Gasteiger partial charge >= 0.3 is 0 Å². The highest BCUT2D eigenvalue weighted by Crippen LogP contribution is 2.33. The first-order valence-electron chi connectivity index (χ1n) is 5.99. The summed E-state index contributed by atoms with van der Waals surface area (Å²) in [5.41, 5.74) is 0.819. The quantitative estimate of drug-likeness (QED) is 0.902. The lowest BCUT2D eigenvalue weighted by Crippen LogP contribution is -2.20. The predicted molar refractivity (Wildman–Crippen MR) is 71.8 cm³/mol. The van der Waals surface area contributed by atoms with Gasteiger partial charge in [-0.05, 0) is 31.0 Å². The van der Waals surface area contributed by atoms with Gasteiger partial charge in [-0.15, -0.1) is 0 Å². The maximum Gasteiger partial charge on any atom is 0.138 e. The zero-order valence-corrected chi connectivity index (χ0v) is 11.4. The van der Waals surface area contributed by atoms with Gasteiger partial charge in [-0.25, -0.2) is 0 Å². The van der Waals surface area contributed by atoms with Gasteiger partial charge in [0.2, 0.25) is 0 Å². The van der Waals surface area contributed by atoms with Crippen LogP contribution in [-0.4, -0.2) is 23.1 Å². The first-order chi connectivity index (χ1) is 8.10. The Morgan fingerprint density at radius 3 is 2.82 bits per heavy atom. The molecule has 0 aromatic heterocycles. The van der Waals surface area contributed by atoms with Gasteiger partial charge in [0, 0.05) is 23.7 Å². The number of phenols is 1. The summed E-state index contributed by atoms with van der Waals surface area (Å²) in [4.78, 5) is 2.34. The van der Waals surface area contributed by atoms with Crippen LogP contribution in [0.25, 0.3) is 0 Å². The molecule has 0 aliphatic carbocycles. The van der Waals surface area contributed by atoms with Crippen LogP contribution in [0.3, 0.4) is 0 Å². The van der Waals surface area contributed by atoms with Crippen LogP contribution >= 0.6 is 23.2 Å². The van der Waals surface area contributed by atoms with Crippen LogP contribution in [0.4, 0.5) is 0 Å². The second kappa shape index (κ2) is 5.47. The molecular weight excluding hydrogens is 257 g/mol. The first-order valence-corrected chi connectivity index (χ1v) is 6.75. The van der Waals surface area contributed by atoms with E-state index in [9.17, 15) is 5.11 Å². The molecule has 0 amide bonds. The van der Waals surface area contributed by atoms with Crippen molar-refractivity contribution in [2.24, 2.45) is 5.92 Å². The van der Waals surface area contributed by atoms with E-state index >= 15 is 0 Å². The number of halogens is 2. The fourth-order valence-electron chi connectivity index (χ4n) is 2.37. The molecule has 1 heterocycles. The minimum Gasteiger partial charge on any atom is -0.506 e. The third-order valence-electron chi connectivity index (χ3n) is 3.45. The minimum absolute atomic E-state index is 0.163. The van der Waals surface area contributed by atoms with Crippen molar-refractivity contribution in [3.8, 4) is 5.75 Å². The molecule has 1 atom stereocenters. The summed E-state index contributed by atoms with van der Waals surface area (Å²) in [5.74, 6) is 0.947. The molecule has 1 aliphatic rings. The molecule has 0 saturated carbocycles. The van der Waals surface area contributed by atoms with E-state index in [2.05, 4.69) is 11.8 Å². The van der Waals surface area contributed by atoms with Gasteiger partial charge < -0.3 is 5.11 Å². The molecule has 2 nitrogen and oxygen atoms in total. The van der Waals surface area contributed by atoms with Crippen LogP contribution in [0, 0.1) is 5.92 Å². The highest BCUT2D eigenvalue weighted by atomic mass is 35.5. The summed E-state index contributed by atoms with van der Waals surface area (Å²) in [6.45, 7) is 5.13. The Balaban J connectivity index is 2.09. The van der Waals surface area contributed by atoms with Gasteiger partial charge in [-0.1, -0.05) is 36.5 Å². The molecule has 1 N–H and O–H groups in total. The Morgan fingerprint density at radius 1 is 1.41 bits per heavy atom. The molecule has 1 aliphatic heterocycles. The third-order valence-corrected chi connectivity index (χ3v) is 3.95. The number of aromatic hydroxyl groups is 1. The number of phenolic OH excluding ortho intramolecular Hbond substituents is 1. The van der Waals surface area contributed by atoms with Crippen molar-refractivity contribution in [2.45, 2.75) is 26.3 Å². The molecule has 0 spiro atoms. The topological polar surface area (TPSA) is 23.5 Å². The third kappa shape index (κ3) is 3.06. The zero-order valence-electron chi connectivity index (χ0n) is 9.92. The Kier molecular flexibility index (Phi) is 4.18. The maximum absolute atomic E-state index is 9.89. The van der Waals surface area contributed by atoms with Crippen LogP contribution in [0.15, 0.2) is 12.1 Å². The Morgan fingerprint density at radius 2 is 2.18 bits per heavy atom. The Labute approximate surface area is 112 Å². The number of benzene rings is 1. The summed E-state index contributed by atoms with van der Waals surface area (Å²) < 4.78 is 0. The normalized spacial score (nSPS) is 21.0. The number of rotatable bonds is 3. The minimum atomic E-state index is 0.163. The number of likely N-dealkylation sites (tertiary alicyclic amines) is 1. The SMILES string of the molecule is CCC1CCN(Cc2cc(Cl)cc(Cl)c2O)C1. The van der Waals surface area contributed by atoms with E-state index in [0.29, 0.717) is 10.0 Å². The smallest absolute Gasteiger partial charge is 0.138 e. The van der Waals surface area contributed by atoms with Crippen molar-refractivity contribution in [2.75, 3.05) is 13.1 Å². The Bertz CT molecular complexity index is 409. The molecule has 1 aromatic rings. The van der Waals surface area contributed by atoms with Gasteiger partial charge in [-0.3, -0.25) is 4.90 Å². The van der Waals surface area contributed by atoms with Gasteiger partial charge in [0.15, 0.2) is 0 Å². The van der Waals surface area contributed by atoms with Crippen molar-refractivity contribution in [3.05, 3.63) is 27.7 Å². The van der Waals surface area contributed by atoms with E-state index in [1.807, 2.05) is 0 Å². The van der Waals surface area contributed by atoms with Gasteiger partial charge in [0.1, 0.15) is 5.75 Å². The summed E-state index contributed by atoms with van der Waals surface area (Å²) >= 11 is 11.9. The van der Waals surface area contributed by atoms with E-state index in [0.717, 1.165) is 31.1 Å². The molecular formula is C13H17Cl2NO. The fourth-order valence-corrected chi connectivity index (χ4v) is 2.91. The van der Waals surface area contributed by atoms with Gasteiger partial charge in [0.25, 0.3) is 0 Å². The molecule has 1 fully saturated rings. The summed E-state index contributed by atoms with van der Waals surface area (Å²) in [7, 11) is 0. The summed E-state index contributed by atoms with van der Waals surface area (Å²) in [5, 5.41) is 10.8. The largest absolute Gasteiger partial charge is 0.506 e. The van der Waals surface area contributed by atoms with E-state index in [4.69, 9.17) is 23.2 Å². The molecule has 1 saturated heterocycles. The second-order valence-electron chi connectivity index (χ2n) is 4.69. The summed E-state index contributed by atoms with van der Waals surface area (Å²) in [6, 6.07) is 3.36. The lowest BCUT2D eigenvalue weighted by Gasteiger charge is -2.17. The number of hydrogen-bond acceptors (Lipinski definition) is 2. The van der Waals surface area contributed by atoms with E-state index in [-0.39, 0.29) is 5.75 Å². The van der Waals surface area contributed by atoms with E-state index < -0.39 is 0 Å². The molecule has 0 bridgehead atoms. The van der Waals surface area contributed by atoms with Crippen LogP contribution in [-0.2, 0) is 6.54 Å². The molecule has 2 rings (SSSR count). The highest BCUT2D eigenvalue weighted by Gasteiger charge is 2.22. The standard InChI is InChI=1S/C13H17Cl2NO/c1-2-9-3-4-16(7-9)8-10-5-11(14)6-12(15)13(10)17/h5-6,9,17H,2-4,7-8H2,1H3. The van der Waals surface area contributed by atoms with Crippen LogP contribution < -0.4 is 0 Å². The second-order valence-corrected chi connectivity index (χ2v) is 5.54. The van der Waals surface area contributed by atoms with Crippen molar-refractivity contribution in [1.82, 2.24) is 4.90 Å². The average Bonchev–Trinajstić information content (AvgIpc) is 2.73. The monoisotopic (exact) mass is 273 g/mol. The van der Waals surface area contributed by atoms with Crippen molar-refractivity contribution < 1.29 is 5.11 Å². The van der Waals surface area contributed by atoms with Crippen molar-refractivity contribution in [3.63, 3.8) is 0 Å². The number of nitrogens with zero attached hydrogens (tertiary/aromatic N) is 1. The molecule has 1 aromatic carbocycles. The Hall–Kier alpha value is -0.440. The van der Waals surface area contributed by atoms with E-state index in [1.165, 1.54) is 12.8 Å². The average molecular weight is 274 g/mol. The first kappa shape index (κ1) is 13.0. The van der Waals surface area contributed by atoms with Gasteiger partial charge in [-0.2, -0.15) is 0 Å². The van der Waals surface area contributed by atoms with Crippen molar-refractivity contribution >= 4 is 23.2 Å². The van der Waals surface area contributed by atoms with Gasteiger partial charge in [0.05, 0.1) is 5.02 Å². The summed E-state index contributed by atoms with van der Waals surface area (Å²) in [6.07, 6.45) is 2.46. The van der Waals surface area contributed by atoms with Crippen LogP contribution in [0.2, 0.25) is 10.0 Å². The lowest BCUT2D eigenvalue weighted by atomic mass is 10.1. The predicted octanol–water partition coefficient (Wildman–Crippen LogP) is 3.93. The fraction of sp³-hybridized carbons (Fsp3) is 0.538.